The van der Waals surface area contributed by atoms with Gasteiger partial charge in [0.05, 0.1) is 6.10 Å². The highest BCUT2D eigenvalue weighted by atomic mass is 19.1. The number of anilines is 1. The SMILES string of the molecule is Nc1cc(F)ccc1C(O)CCC(=O)O. The molecule has 0 spiro atoms. The Bertz CT molecular complexity index is 368. The second-order valence-electron chi connectivity index (χ2n) is 3.22. The number of nitrogen functional groups attached to an aromatic ring is 1. The van der Waals surface area contributed by atoms with Crippen molar-refractivity contribution in [3.63, 3.8) is 0 Å². The highest BCUT2D eigenvalue weighted by Crippen LogP contribution is 2.24. The van der Waals surface area contributed by atoms with E-state index in [0.29, 0.717) is 5.56 Å². The first-order valence-electron chi connectivity index (χ1n) is 4.45. The molecule has 0 saturated heterocycles. The van der Waals surface area contributed by atoms with E-state index >= 15 is 0 Å². The van der Waals surface area contributed by atoms with Crippen molar-refractivity contribution in [2.75, 3.05) is 5.73 Å². The first kappa shape index (κ1) is 11.5. The molecule has 0 aliphatic heterocycles. The van der Waals surface area contributed by atoms with Gasteiger partial charge in [0, 0.05) is 17.7 Å². The molecule has 1 aromatic rings. The Kier molecular flexibility index (Phi) is 3.62. The molecule has 0 amide bonds. The summed E-state index contributed by atoms with van der Waals surface area (Å²) in [6.45, 7) is 0. The van der Waals surface area contributed by atoms with Crippen LogP contribution >= 0.6 is 0 Å². The third-order valence-electron chi connectivity index (χ3n) is 2.04. The summed E-state index contributed by atoms with van der Waals surface area (Å²) in [4.78, 5) is 10.3. The van der Waals surface area contributed by atoms with Gasteiger partial charge in [0.15, 0.2) is 0 Å². The summed E-state index contributed by atoms with van der Waals surface area (Å²) in [5.74, 6) is -1.48. The summed E-state index contributed by atoms with van der Waals surface area (Å²) in [6, 6.07) is 3.63. The number of carboxylic acid groups (broad SMARTS) is 1. The standard InChI is InChI=1S/C10H12FNO3/c11-6-1-2-7(8(12)5-6)9(13)3-4-10(14)15/h1-2,5,9,13H,3-4,12H2,(H,14,15). The number of nitrogens with two attached hydrogens (primary N) is 1. The number of benzene rings is 1. The number of aliphatic carboxylic acids is 1. The number of hydrogen-bond acceptors (Lipinski definition) is 3. The Hall–Kier alpha value is -1.62. The maximum Gasteiger partial charge on any atom is 0.303 e. The summed E-state index contributed by atoms with van der Waals surface area (Å²) in [5, 5.41) is 18.0. The molecule has 0 radical (unpaired) electrons. The molecule has 0 aliphatic rings. The third-order valence-corrected chi connectivity index (χ3v) is 2.04. The first-order valence-corrected chi connectivity index (χ1v) is 4.45. The largest absolute Gasteiger partial charge is 0.481 e. The van der Waals surface area contributed by atoms with Crippen LogP contribution in [0.2, 0.25) is 0 Å². The van der Waals surface area contributed by atoms with E-state index < -0.39 is 17.9 Å². The van der Waals surface area contributed by atoms with Crippen molar-refractivity contribution in [1.82, 2.24) is 0 Å². The zero-order valence-electron chi connectivity index (χ0n) is 7.98. The number of halogens is 1. The molecule has 15 heavy (non-hydrogen) atoms. The van der Waals surface area contributed by atoms with Gasteiger partial charge in [0.1, 0.15) is 5.82 Å². The maximum atomic E-state index is 12.7. The molecule has 4 N–H and O–H groups in total. The highest BCUT2D eigenvalue weighted by molar-refractivity contribution is 5.66. The Morgan fingerprint density at radius 1 is 1.53 bits per heavy atom. The number of hydrogen-bond donors (Lipinski definition) is 3. The van der Waals surface area contributed by atoms with Crippen LogP contribution in [0.3, 0.4) is 0 Å². The van der Waals surface area contributed by atoms with Crippen LogP contribution in [-0.4, -0.2) is 16.2 Å². The van der Waals surface area contributed by atoms with Crippen molar-refractivity contribution >= 4 is 11.7 Å². The molecule has 0 fully saturated rings. The summed E-state index contributed by atoms with van der Waals surface area (Å²) >= 11 is 0. The average molecular weight is 213 g/mol. The van der Waals surface area contributed by atoms with E-state index in [1.54, 1.807) is 0 Å². The monoisotopic (exact) mass is 213 g/mol. The fourth-order valence-corrected chi connectivity index (χ4v) is 1.26. The fourth-order valence-electron chi connectivity index (χ4n) is 1.26. The lowest BCUT2D eigenvalue weighted by Gasteiger charge is -2.12. The predicted molar refractivity (Wildman–Crippen MR) is 52.6 cm³/mol. The van der Waals surface area contributed by atoms with Crippen molar-refractivity contribution < 1.29 is 19.4 Å². The lowest BCUT2D eigenvalue weighted by atomic mass is 10.0. The highest BCUT2D eigenvalue weighted by Gasteiger charge is 2.12. The van der Waals surface area contributed by atoms with Crippen molar-refractivity contribution in [2.24, 2.45) is 0 Å². The van der Waals surface area contributed by atoms with E-state index in [9.17, 15) is 14.3 Å². The quantitative estimate of drug-likeness (QED) is 0.658. The van der Waals surface area contributed by atoms with Gasteiger partial charge in [-0.2, -0.15) is 0 Å². The molecule has 82 valence electrons. The minimum atomic E-state index is -0.991. The molecular weight excluding hydrogens is 201 g/mol. The molecule has 0 bridgehead atoms. The van der Waals surface area contributed by atoms with Crippen molar-refractivity contribution in [2.45, 2.75) is 18.9 Å². The van der Waals surface area contributed by atoms with Crippen molar-refractivity contribution in [3.05, 3.63) is 29.6 Å². The number of rotatable bonds is 4. The normalized spacial score (nSPS) is 12.4. The van der Waals surface area contributed by atoms with Crippen LogP contribution in [0.25, 0.3) is 0 Å². The van der Waals surface area contributed by atoms with Crippen LogP contribution in [0.1, 0.15) is 24.5 Å². The van der Waals surface area contributed by atoms with Gasteiger partial charge in [-0.1, -0.05) is 6.07 Å². The van der Waals surface area contributed by atoms with Gasteiger partial charge >= 0.3 is 5.97 Å². The lowest BCUT2D eigenvalue weighted by molar-refractivity contribution is -0.137. The summed E-state index contributed by atoms with van der Waals surface area (Å²) in [6.07, 6.45) is -1.06. The van der Waals surface area contributed by atoms with Crippen LogP contribution in [-0.2, 0) is 4.79 Å². The average Bonchev–Trinajstić information content (AvgIpc) is 2.14. The number of carboxylic acids is 1. The minimum absolute atomic E-state index is 0.0607. The lowest BCUT2D eigenvalue weighted by Crippen LogP contribution is -2.05. The van der Waals surface area contributed by atoms with Gasteiger partial charge < -0.3 is 15.9 Å². The van der Waals surface area contributed by atoms with Crippen LogP contribution in [0.5, 0.6) is 0 Å². The molecular formula is C10H12FNO3. The number of aliphatic hydroxyl groups is 1. The van der Waals surface area contributed by atoms with Crippen LogP contribution < -0.4 is 5.73 Å². The predicted octanol–water partition coefficient (Wildman–Crippen LogP) is 1.31. The Labute approximate surface area is 86.1 Å². The van der Waals surface area contributed by atoms with E-state index in [-0.39, 0.29) is 18.5 Å². The summed E-state index contributed by atoms with van der Waals surface area (Å²) in [5.41, 5.74) is 5.97. The van der Waals surface area contributed by atoms with E-state index in [2.05, 4.69) is 0 Å². The van der Waals surface area contributed by atoms with Crippen LogP contribution in [0.15, 0.2) is 18.2 Å². The maximum absolute atomic E-state index is 12.7. The fraction of sp³-hybridized carbons (Fsp3) is 0.300. The number of carbonyl (C=O) groups is 1. The minimum Gasteiger partial charge on any atom is -0.481 e. The Balaban J connectivity index is 2.73. The molecule has 1 atom stereocenters. The number of aliphatic hydroxyl groups excluding tert-OH is 1. The second-order valence-corrected chi connectivity index (χ2v) is 3.22. The smallest absolute Gasteiger partial charge is 0.303 e. The molecule has 0 aromatic heterocycles. The van der Waals surface area contributed by atoms with Gasteiger partial charge in [-0.25, -0.2) is 4.39 Å². The zero-order chi connectivity index (χ0) is 11.4. The second kappa shape index (κ2) is 4.75. The first-order chi connectivity index (χ1) is 7.00. The van der Waals surface area contributed by atoms with Crippen LogP contribution in [0, 0.1) is 5.82 Å². The molecule has 4 nitrogen and oxygen atoms in total. The van der Waals surface area contributed by atoms with E-state index in [0.717, 1.165) is 6.07 Å². The summed E-state index contributed by atoms with van der Waals surface area (Å²) < 4.78 is 12.7. The van der Waals surface area contributed by atoms with Gasteiger partial charge in [0.25, 0.3) is 0 Å². The van der Waals surface area contributed by atoms with Gasteiger partial charge in [-0.3, -0.25) is 4.79 Å². The molecule has 0 saturated carbocycles. The molecule has 1 rings (SSSR count). The van der Waals surface area contributed by atoms with Gasteiger partial charge in [-0.15, -0.1) is 0 Å². The van der Waals surface area contributed by atoms with Gasteiger partial charge in [0.2, 0.25) is 0 Å². The molecule has 0 aliphatic carbocycles. The van der Waals surface area contributed by atoms with E-state index in [1.807, 2.05) is 0 Å². The zero-order valence-corrected chi connectivity index (χ0v) is 7.98. The third kappa shape index (κ3) is 3.21. The van der Waals surface area contributed by atoms with E-state index in [4.69, 9.17) is 10.8 Å². The Morgan fingerprint density at radius 2 is 2.20 bits per heavy atom. The van der Waals surface area contributed by atoms with Gasteiger partial charge in [-0.05, 0) is 18.6 Å². The Morgan fingerprint density at radius 3 is 2.73 bits per heavy atom. The van der Waals surface area contributed by atoms with Crippen molar-refractivity contribution in [3.8, 4) is 0 Å². The molecule has 5 heteroatoms. The molecule has 1 unspecified atom stereocenters. The molecule has 0 heterocycles. The topological polar surface area (TPSA) is 83.5 Å². The van der Waals surface area contributed by atoms with Crippen LogP contribution in [0.4, 0.5) is 10.1 Å². The van der Waals surface area contributed by atoms with Crippen molar-refractivity contribution in [1.29, 1.82) is 0 Å². The van der Waals surface area contributed by atoms with E-state index in [1.165, 1.54) is 12.1 Å². The molecule has 1 aromatic carbocycles. The summed E-state index contributed by atoms with van der Waals surface area (Å²) in [7, 11) is 0.